The number of benzene rings is 1. The zero-order valence-electron chi connectivity index (χ0n) is 11.2. The van der Waals surface area contributed by atoms with E-state index in [1.165, 1.54) is 24.8 Å². The van der Waals surface area contributed by atoms with Crippen LogP contribution in [0.2, 0.25) is 0 Å². The summed E-state index contributed by atoms with van der Waals surface area (Å²) < 4.78 is 3.24. The molecule has 1 saturated heterocycles. The average molecular weight is 257 g/mol. The third-order valence-corrected chi connectivity index (χ3v) is 3.83. The quantitative estimate of drug-likeness (QED) is 0.893. The Bertz CT molecular complexity index is 603. The molecule has 1 aliphatic rings. The lowest BCUT2D eigenvalue weighted by Gasteiger charge is -2.23. The van der Waals surface area contributed by atoms with E-state index < -0.39 is 0 Å². The summed E-state index contributed by atoms with van der Waals surface area (Å²) in [6, 6.07) is 8.76. The van der Waals surface area contributed by atoms with Gasteiger partial charge in [0.15, 0.2) is 0 Å². The van der Waals surface area contributed by atoms with Gasteiger partial charge in [-0.05, 0) is 37.1 Å². The summed E-state index contributed by atoms with van der Waals surface area (Å²) >= 11 is 0. The number of nitrogens with zero attached hydrogens (tertiary/aromatic N) is 2. The minimum absolute atomic E-state index is 0.0106. The maximum absolute atomic E-state index is 11.9. The number of hydrogen-bond donors (Lipinski definition) is 1. The Kier molecular flexibility index (Phi) is 3.25. The second-order valence-electron chi connectivity index (χ2n) is 5.16. The molecule has 1 aromatic carbocycles. The van der Waals surface area contributed by atoms with E-state index in [0.717, 1.165) is 12.2 Å². The van der Waals surface area contributed by atoms with Crippen molar-refractivity contribution in [1.82, 2.24) is 14.5 Å². The van der Waals surface area contributed by atoms with Crippen molar-refractivity contribution in [3.8, 4) is 5.69 Å². The second kappa shape index (κ2) is 5.05. The minimum Gasteiger partial charge on any atom is -0.310 e. The number of aromatic nitrogens is 2. The molecular weight excluding hydrogens is 238 g/mol. The Hall–Kier alpha value is -1.81. The Morgan fingerprint density at radius 1 is 1.16 bits per heavy atom. The summed E-state index contributed by atoms with van der Waals surface area (Å²) in [4.78, 5) is 11.9. The molecule has 0 radical (unpaired) electrons. The fourth-order valence-electron chi connectivity index (χ4n) is 2.66. The second-order valence-corrected chi connectivity index (χ2v) is 5.16. The predicted molar refractivity (Wildman–Crippen MR) is 75.6 cm³/mol. The molecule has 4 nitrogen and oxygen atoms in total. The summed E-state index contributed by atoms with van der Waals surface area (Å²) in [5, 5.41) is 3.54. The number of imidazole rings is 1. The third-order valence-electron chi connectivity index (χ3n) is 3.83. The van der Waals surface area contributed by atoms with Crippen molar-refractivity contribution in [2.45, 2.75) is 25.3 Å². The number of hydrogen-bond acceptors (Lipinski definition) is 2. The van der Waals surface area contributed by atoms with E-state index in [-0.39, 0.29) is 5.69 Å². The van der Waals surface area contributed by atoms with Crippen molar-refractivity contribution in [1.29, 1.82) is 0 Å². The van der Waals surface area contributed by atoms with Gasteiger partial charge in [0.25, 0.3) is 0 Å². The maximum atomic E-state index is 11.9. The molecule has 19 heavy (non-hydrogen) atoms. The molecule has 1 N–H and O–H groups in total. The molecule has 0 amide bonds. The SMILES string of the molecule is Cn1ccn(-c2ccc(C3CCCCN3)cc2)c1=O. The van der Waals surface area contributed by atoms with E-state index in [2.05, 4.69) is 17.4 Å². The highest BCUT2D eigenvalue weighted by molar-refractivity contribution is 5.35. The molecule has 1 unspecified atom stereocenters. The van der Waals surface area contributed by atoms with Crippen LogP contribution in [0.4, 0.5) is 0 Å². The van der Waals surface area contributed by atoms with Crippen LogP contribution in [0.5, 0.6) is 0 Å². The van der Waals surface area contributed by atoms with Gasteiger partial charge < -0.3 is 9.88 Å². The highest BCUT2D eigenvalue weighted by Crippen LogP contribution is 2.23. The van der Waals surface area contributed by atoms with Crippen LogP contribution in [-0.4, -0.2) is 15.7 Å². The Balaban J connectivity index is 1.86. The molecule has 1 aliphatic heterocycles. The van der Waals surface area contributed by atoms with Gasteiger partial charge in [-0.25, -0.2) is 4.79 Å². The summed E-state index contributed by atoms with van der Waals surface area (Å²) in [6.45, 7) is 1.10. The molecule has 0 bridgehead atoms. The molecule has 1 aromatic heterocycles. The maximum Gasteiger partial charge on any atom is 0.332 e. The lowest BCUT2D eigenvalue weighted by Crippen LogP contribution is -2.26. The molecule has 0 saturated carbocycles. The van der Waals surface area contributed by atoms with Gasteiger partial charge in [0.05, 0.1) is 5.69 Å². The van der Waals surface area contributed by atoms with Crippen LogP contribution in [0.15, 0.2) is 41.5 Å². The van der Waals surface area contributed by atoms with Crippen LogP contribution in [0.1, 0.15) is 30.9 Å². The Morgan fingerprint density at radius 3 is 2.53 bits per heavy atom. The van der Waals surface area contributed by atoms with E-state index in [1.54, 1.807) is 28.6 Å². The van der Waals surface area contributed by atoms with Gasteiger partial charge in [-0.1, -0.05) is 18.6 Å². The normalized spacial score (nSPS) is 19.5. The molecular formula is C15H19N3O. The first kappa shape index (κ1) is 12.2. The number of aryl methyl sites for hydroxylation is 1. The van der Waals surface area contributed by atoms with E-state index in [4.69, 9.17) is 0 Å². The van der Waals surface area contributed by atoms with Crippen molar-refractivity contribution >= 4 is 0 Å². The summed E-state index contributed by atoms with van der Waals surface area (Å²) in [5.41, 5.74) is 2.22. The molecule has 3 rings (SSSR count). The highest BCUT2D eigenvalue weighted by Gasteiger charge is 2.14. The van der Waals surface area contributed by atoms with Crippen molar-refractivity contribution in [3.05, 3.63) is 52.7 Å². The molecule has 1 fully saturated rings. The van der Waals surface area contributed by atoms with Crippen LogP contribution in [0, 0.1) is 0 Å². The minimum atomic E-state index is -0.0106. The van der Waals surface area contributed by atoms with E-state index in [1.807, 2.05) is 12.1 Å². The number of rotatable bonds is 2. The topological polar surface area (TPSA) is 39.0 Å². The molecule has 4 heteroatoms. The third kappa shape index (κ3) is 2.36. The number of piperidine rings is 1. The largest absolute Gasteiger partial charge is 0.332 e. The molecule has 0 spiro atoms. The summed E-state index contributed by atoms with van der Waals surface area (Å²) in [7, 11) is 1.76. The summed E-state index contributed by atoms with van der Waals surface area (Å²) in [6.07, 6.45) is 7.34. The number of nitrogens with one attached hydrogen (secondary N) is 1. The van der Waals surface area contributed by atoms with Gasteiger partial charge in [-0.2, -0.15) is 0 Å². The Labute approximate surface area is 112 Å². The zero-order chi connectivity index (χ0) is 13.2. The summed E-state index contributed by atoms with van der Waals surface area (Å²) in [5.74, 6) is 0. The Morgan fingerprint density at radius 2 is 1.95 bits per heavy atom. The van der Waals surface area contributed by atoms with Gasteiger partial charge in [0, 0.05) is 25.5 Å². The average Bonchev–Trinajstić information content (AvgIpc) is 2.80. The fraction of sp³-hybridized carbons (Fsp3) is 0.400. The van der Waals surface area contributed by atoms with Gasteiger partial charge in [-0.3, -0.25) is 4.57 Å². The van der Waals surface area contributed by atoms with Gasteiger partial charge in [-0.15, -0.1) is 0 Å². The van der Waals surface area contributed by atoms with E-state index in [0.29, 0.717) is 6.04 Å². The van der Waals surface area contributed by atoms with E-state index >= 15 is 0 Å². The van der Waals surface area contributed by atoms with E-state index in [9.17, 15) is 4.79 Å². The molecule has 0 aliphatic carbocycles. The van der Waals surface area contributed by atoms with Gasteiger partial charge >= 0.3 is 5.69 Å². The molecule has 100 valence electrons. The zero-order valence-corrected chi connectivity index (χ0v) is 11.2. The van der Waals surface area contributed by atoms with Gasteiger partial charge in [0.1, 0.15) is 0 Å². The van der Waals surface area contributed by atoms with Crippen LogP contribution in [-0.2, 0) is 7.05 Å². The first-order valence-electron chi connectivity index (χ1n) is 6.83. The lowest BCUT2D eigenvalue weighted by atomic mass is 9.97. The van der Waals surface area contributed by atoms with Crippen molar-refractivity contribution < 1.29 is 0 Å². The first-order chi connectivity index (χ1) is 9.25. The predicted octanol–water partition coefficient (Wildman–Crippen LogP) is 1.99. The van der Waals surface area contributed by atoms with Gasteiger partial charge in [0.2, 0.25) is 0 Å². The smallest absolute Gasteiger partial charge is 0.310 e. The van der Waals surface area contributed by atoms with Crippen molar-refractivity contribution in [2.24, 2.45) is 7.05 Å². The highest BCUT2D eigenvalue weighted by atomic mass is 16.1. The van der Waals surface area contributed by atoms with Crippen LogP contribution >= 0.6 is 0 Å². The molecule has 1 atom stereocenters. The van der Waals surface area contributed by atoms with Crippen molar-refractivity contribution in [3.63, 3.8) is 0 Å². The monoisotopic (exact) mass is 257 g/mol. The van der Waals surface area contributed by atoms with Crippen LogP contribution < -0.4 is 11.0 Å². The van der Waals surface area contributed by atoms with Crippen LogP contribution in [0.25, 0.3) is 5.69 Å². The lowest BCUT2D eigenvalue weighted by molar-refractivity contribution is 0.412. The van der Waals surface area contributed by atoms with Crippen molar-refractivity contribution in [2.75, 3.05) is 6.54 Å². The molecule has 2 heterocycles. The standard InChI is InChI=1S/C15H19N3O/c1-17-10-11-18(15(17)19)13-7-5-12(6-8-13)14-4-2-3-9-16-14/h5-8,10-11,14,16H,2-4,9H2,1H3. The molecule has 2 aromatic rings. The fourth-order valence-corrected chi connectivity index (χ4v) is 2.66. The van der Waals surface area contributed by atoms with Crippen LogP contribution in [0.3, 0.4) is 0 Å². The first-order valence-corrected chi connectivity index (χ1v) is 6.83.